The molecular weight excluding hydrogens is 352 g/mol. The van der Waals surface area contributed by atoms with Gasteiger partial charge in [0.25, 0.3) is 5.89 Å². The summed E-state index contributed by atoms with van der Waals surface area (Å²) in [5.74, 6) is 2.89. The summed E-state index contributed by atoms with van der Waals surface area (Å²) in [5.41, 5.74) is 1.54. The normalized spacial score (nSPS) is 10.5. The van der Waals surface area contributed by atoms with E-state index in [9.17, 15) is 4.79 Å². The molecule has 0 spiro atoms. The van der Waals surface area contributed by atoms with Gasteiger partial charge >= 0.3 is 12.0 Å². The summed E-state index contributed by atoms with van der Waals surface area (Å²) in [6.45, 7) is 3.91. The van der Waals surface area contributed by atoms with Gasteiger partial charge in [0, 0.05) is 6.54 Å². The van der Waals surface area contributed by atoms with Crippen molar-refractivity contribution in [3.8, 4) is 23.0 Å². The number of benzene rings is 1. The van der Waals surface area contributed by atoms with Crippen molar-refractivity contribution in [1.29, 1.82) is 0 Å². The number of amides is 2. The summed E-state index contributed by atoms with van der Waals surface area (Å²) in [4.78, 5) is 12.1. The third-order valence-corrected chi connectivity index (χ3v) is 3.82. The molecule has 0 fully saturated rings. The maximum atomic E-state index is 12.1. The number of rotatable bonds is 6. The van der Waals surface area contributed by atoms with Gasteiger partial charge in [-0.1, -0.05) is 11.2 Å². The molecule has 27 heavy (non-hydrogen) atoms. The molecule has 0 saturated carbocycles. The van der Waals surface area contributed by atoms with E-state index >= 15 is 0 Å². The van der Waals surface area contributed by atoms with Crippen molar-refractivity contribution in [3.05, 3.63) is 41.3 Å². The Balaban J connectivity index is 1.59. The number of carbonyl (C=O) groups excluding carboxylic acids is 1. The number of ether oxygens (including phenoxy) is 2. The second-order valence-corrected chi connectivity index (χ2v) is 5.74. The zero-order valence-electron chi connectivity index (χ0n) is 15.5. The standard InChI is InChI=1S/C18H20N4O5/c1-10-7-13(11(2)26-10)16-21-22-18(27-16)20-17(23)19-9-12-5-6-14(24-3)15(8-12)25-4/h5-8H,9H2,1-4H3,(H2,19,20,22,23). The van der Waals surface area contributed by atoms with E-state index in [4.69, 9.17) is 18.3 Å². The molecule has 0 radical (unpaired) electrons. The Morgan fingerprint density at radius 3 is 2.52 bits per heavy atom. The summed E-state index contributed by atoms with van der Waals surface area (Å²) in [7, 11) is 3.12. The number of anilines is 1. The number of aryl methyl sites for hydroxylation is 2. The number of furan rings is 1. The highest BCUT2D eigenvalue weighted by atomic mass is 16.5. The molecule has 2 N–H and O–H groups in total. The van der Waals surface area contributed by atoms with Crippen molar-refractivity contribution < 1.29 is 23.1 Å². The molecule has 2 aromatic heterocycles. The lowest BCUT2D eigenvalue weighted by atomic mass is 10.2. The molecule has 0 aliphatic rings. The average molecular weight is 372 g/mol. The van der Waals surface area contributed by atoms with Crippen molar-refractivity contribution in [2.24, 2.45) is 0 Å². The number of hydrogen-bond acceptors (Lipinski definition) is 7. The molecule has 142 valence electrons. The van der Waals surface area contributed by atoms with Crippen LogP contribution in [0.1, 0.15) is 17.1 Å². The summed E-state index contributed by atoms with van der Waals surface area (Å²) >= 11 is 0. The van der Waals surface area contributed by atoms with Crippen molar-refractivity contribution in [2.75, 3.05) is 19.5 Å². The number of urea groups is 1. The van der Waals surface area contributed by atoms with Crippen LogP contribution in [0, 0.1) is 13.8 Å². The largest absolute Gasteiger partial charge is 0.493 e. The molecule has 0 bridgehead atoms. The Bertz CT molecular complexity index is 947. The van der Waals surface area contributed by atoms with E-state index in [1.807, 2.05) is 13.0 Å². The maximum Gasteiger partial charge on any atom is 0.324 e. The Hall–Kier alpha value is -3.49. The van der Waals surface area contributed by atoms with E-state index in [0.717, 1.165) is 11.3 Å². The minimum absolute atomic E-state index is 0.00642. The van der Waals surface area contributed by atoms with E-state index in [2.05, 4.69) is 20.8 Å². The molecule has 9 heteroatoms. The van der Waals surface area contributed by atoms with Crippen LogP contribution in [0.3, 0.4) is 0 Å². The zero-order chi connectivity index (χ0) is 19.4. The lowest BCUT2D eigenvalue weighted by Crippen LogP contribution is -2.28. The predicted molar refractivity (Wildman–Crippen MR) is 96.9 cm³/mol. The van der Waals surface area contributed by atoms with Gasteiger partial charge in [-0.05, 0) is 37.6 Å². The van der Waals surface area contributed by atoms with Gasteiger partial charge in [0.15, 0.2) is 11.5 Å². The average Bonchev–Trinajstić information content (AvgIpc) is 3.25. The first-order valence-electron chi connectivity index (χ1n) is 8.17. The third-order valence-electron chi connectivity index (χ3n) is 3.82. The molecule has 0 unspecified atom stereocenters. The smallest absolute Gasteiger partial charge is 0.324 e. The van der Waals surface area contributed by atoms with Gasteiger partial charge in [0.05, 0.1) is 19.8 Å². The number of methoxy groups -OCH3 is 2. The van der Waals surface area contributed by atoms with Crippen LogP contribution < -0.4 is 20.1 Å². The van der Waals surface area contributed by atoms with Crippen molar-refractivity contribution >= 4 is 12.0 Å². The Morgan fingerprint density at radius 1 is 1.07 bits per heavy atom. The lowest BCUT2D eigenvalue weighted by molar-refractivity contribution is 0.251. The molecule has 0 aliphatic carbocycles. The zero-order valence-corrected chi connectivity index (χ0v) is 15.5. The fraction of sp³-hybridized carbons (Fsp3) is 0.278. The minimum Gasteiger partial charge on any atom is -0.493 e. The van der Waals surface area contributed by atoms with E-state index < -0.39 is 6.03 Å². The van der Waals surface area contributed by atoms with E-state index in [0.29, 0.717) is 22.8 Å². The second kappa shape index (κ2) is 7.81. The topological polar surface area (TPSA) is 112 Å². The van der Waals surface area contributed by atoms with Crippen molar-refractivity contribution in [2.45, 2.75) is 20.4 Å². The van der Waals surface area contributed by atoms with Gasteiger partial charge < -0.3 is 23.6 Å². The van der Waals surface area contributed by atoms with Crippen LogP contribution in [0.4, 0.5) is 10.8 Å². The Morgan fingerprint density at radius 2 is 1.85 bits per heavy atom. The first-order chi connectivity index (χ1) is 13.0. The molecule has 1 aromatic carbocycles. The molecule has 0 aliphatic heterocycles. The summed E-state index contributed by atoms with van der Waals surface area (Å²) in [6.07, 6.45) is 0. The van der Waals surface area contributed by atoms with E-state index in [1.54, 1.807) is 39.3 Å². The summed E-state index contributed by atoms with van der Waals surface area (Å²) in [6, 6.07) is 6.70. The minimum atomic E-state index is -0.472. The highest BCUT2D eigenvalue weighted by Crippen LogP contribution is 2.28. The van der Waals surface area contributed by atoms with Crippen molar-refractivity contribution in [1.82, 2.24) is 15.5 Å². The fourth-order valence-corrected chi connectivity index (χ4v) is 2.54. The van der Waals surface area contributed by atoms with Crippen molar-refractivity contribution in [3.63, 3.8) is 0 Å². The molecule has 9 nitrogen and oxygen atoms in total. The molecule has 2 heterocycles. The molecule has 3 rings (SSSR count). The number of aromatic nitrogens is 2. The van der Waals surface area contributed by atoms with Gasteiger partial charge in [-0.2, -0.15) is 0 Å². The molecule has 0 saturated heterocycles. The van der Waals surface area contributed by atoms with Gasteiger partial charge in [0.1, 0.15) is 11.5 Å². The quantitative estimate of drug-likeness (QED) is 0.683. The number of nitrogens with one attached hydrogen (secondary N) is 2. The van der Waals surface area contributed by atoms with Crippen LogP contribution in [-0.4, -0.2) is 30.4 Å². The third kappa shape index (κ3) is 4.20. The van der Waals surface area contributed by atoms with E-state index in [-0.39, 0.29) is 18.5 Å². The Kier molecular flexibility index (Phi) is 5.30. The van der Waals surface area contributed by atoms with Crippen LogP contribution in [0.2, 0.25) is 0 Å². The first kappa shape index (κ1) is 18.3. The molecular formula is C18H20N4O5. The monoisotopic (exact) mass is 372 g/mol. The molecule has 0 atom stereocenters. The fourth-order valence-electron chi connectivity index (χ4n) is 2.54. The van der Waals surface area contributed by atoms with E-state index in [1.165, 1.54) is 0 Å². The Labute approximate surface area is 155 Å². The maximum absolute atomic E-state index is 12.1. The van der Waals surface area contributed by atoms with Crippen LogP contribution in [-0.2, 0) is 6.54 Å². The van der Waals surface area contributed by atoms with Gasteiger partial charge in [-0.25, -0.2) is 4.79 Å². The SMILES string of the molecule is COc1ccc(CNC(=O)Nc2nnc(-c3cc(C)oc3C)o2)cc1OC. The van der Waals surface area contributed by atoms with Crippen LogP contribution in [0.5, 0.6) is 11.5 Å². The van der Waals surface area contributed by atoms with Crippen LogP contribution in [0.15, 0.2) is 33.1 Å². The predicted octanol–water partition coefficient (Wildman–Crippen LogP) is 3.29. The number of nitrogens with zero attached hydrogens (tertiary/aromatic N) is 2. The summed E-state index contributed by atoms with van der Waals surface area (Å²) in [5, 5.41) is 13.0. The van der Waals surface area contributed by atoms with Gasteiger partial charge in [-0.3, -0.25) is 5.32 Å². The highest BCUT2D eigenvalue weighted by molar-refractivity contribution is 5.87. The van der Waals surface area contributed by atoms with Crippen LogP contribution in [0.25, 0.3) is 11.5 Å². The second-order valence-electron chi connectivity index (χ2n) is 5.74. The lowest BCUT2D eigenvalue weighted by Gasteiger charge is -2.10. The molecule has 3 aromatic rings. The van der Waals surface area contributed by atoms with Gasteiger partial charge in [0.2, 0.25) is 0 Å². The first-order valence-corrected chi connectivity index (χ1v) is 8.17. The summed E-state index contributed by atoms with van der Waals surface area (Å²) < 4.78 is 21.3. The van der Waals surface area contributed by atoms with Gasteiger partial charge in [-0.15, -0.1) is 5.10 Å². The molecule has 2 amide bonds. The highest BCUT2D eigenvalue weighted by Gasteiger charge is 2.16. The van der Waals surface area contributed by atoms with Crippen LogP contribution >= 0.6 is 0 Å². The number of carbonyl (C=O) groups is 1. The number of hydrogen-bond donors (Lipinski definition) is 2.